The van der Waals surface area contributed by atoms with E-state index in [1.165, 1.54) is 17.0 Å². The largest absolute Gasteiger partial charge is 0.454 e. The van der Waals surface area contributed by atoms with Crippen molar-refractivity contribution in [1.29, 1.82) is 0 Å². The molecule has 1 fully saturated rings. The van der Waals surface area contributed by atoms with Gasteiger partial charge in [-0.2, -0.15) is 13.2 Å². The second-order valence-corrected chi connectivity index (χ2v) is 6.51. The molecule has 0 saturated carbocycles. The summed E-state index contributed by atoms with van der Waals surface area (Å²) in [5.41, 5.74) is 0.0473. The minimum absolute atomic E-state index is 0.0165. The fraction of sp³-hybridized carbons (Fsp3) is 0.263. The molecule has 0 bridgehead atoms. The SMILES string of the molecule is O=C(Nc1ccc2c(c1)OCO2)C1CC(=O)N(c2ccc(C(F)(F)F)cc2)C1. The first-order chi connectivity index (χ1) is 13.3. The molecule has 9 heteroatoms. The van der Waals surface area contributed by atoms with Crippen molar-refractivity contribution in [2.75, 3.05) is 23.6 Å². The zero-order valence-electron chi connectivity index (χ0n) is 14.5. The molecule has 1 atom stereocenters. The lowest BCUT2D eigenvalue weighted by Gasteiger charge is -2.17. The molecule has 0 aromatic heterocycles. The quantitative estimate of drug-likeness (QED) is 0.869. The van der Waals surface area contributed by atoms with Crippen LogP contribution in [0.1, 0.15) is 12.0 Å². The molecule has 2 aliphatic rings. The van der Waals surface area contributed by atoms with Gasteiger partial charge in [-0.15, -0.1) is 0 Å². The number of nitrogens with zero attached hydrogens (tertiary/aromatic N) is 1. The third-order valence-corrected chi connectivity index (χ3v) is 4.64. The molecule has 6 nitrogen and oxygen atoms in total. The lowest BCUT2D eigenvalue weighted by atomic mass is 10.1. The third kappa shape index (κ3) is 3.47. The first kappa shape index (κ1) is 18.1. The summed E-state index contributed by atoms with van der Waals surface area (Å²) in [7, 11) is 0. The highest BCUT2D eigenvalue weighted by atomic mass is 19.4. The van der Waals surface area contributed by atoms with E-state index in [1.54, 1.807) is 18.2 Å². The number of carbonyl (C=O) groups is 2. The van der Waals surface area contributed by atoms with Crippen LogP contribution in [0.5, 0.6) is 11.5 Å². The van der Waals surface area contributed by atoms with E-state index in [9.17, 15) is 22.8 Å². The molecular formula is C19H15F3N2O4. The Morgan fingerprint density at radius 1 is 1.07 bits per heavy atom. The number of ether oxygens (including phenoxy) is 2. The molecule has 1 N–H and O–H groups in total. The van der Waals surface area contributed by atoms with Crippen LogP contribution in [0.4, 0.5) is 24.5 Å². The second-order valence-electron chi connectivity index (χ2n) is 6.51. The van der Waals surface area contributed by atoms with Gasteiger partial charge in [0.15, 0.2) is 11.5 Å². The molecule has 1 saturated heterocycles. The topological polar surface area (TPSA) is 67.9 Å². The number of amides is 2. The van der Waals surface area contributed by atoms with Gasteiger partial charge in [-0.25, -0.2) is 0 Å². The molecule has 2 heterocycles. The Hall–Kier alpha value is -3.23. The summed E-state index contributed by atoms with van der Waals surface area (Å²) in [6, 6.07) is 9.27. The van der Waals surface area contributed by atoms with Crippen molar-refractivity contribution in [2.45, 2.75) is 12.6 Å². The Morgan fingerprint density at radius 2 is 1.79 bits per heavy atom. The van der Waals surface area contributed by atoms with Gasteiger partial charge in [0.05, 0.1) is 11.5 Å². The zero-order valence-corrected chi connectivity index (χ0v) is 14.5. The van der Waals surface area contributed by atoms with Crippen molar-refractivity contribution in [2.24, 2.45) is 5.92 Å². The molecule has 146 valence electrons. The zero-order chi connectivity index (χ0) is 19.9. The van der Waals surface area contributed by atoms with Crippen molar-refractivity contribution in [3.8, 4) is 11.5 Å². The Labute approximate surface area is 157 Å². The molecule has 0 radical (unpaired) electrons. The van der Waals surface area contributed by atoms with Crippen LogP contribution in [0.25, 0.3) is 0 Å². The predicted octanol–water partition coefficient (Wildman–Crippen LogP) is 3.43. The van der Waals surface area contributed by atoms with Gasteiger partial charge in [0.2, 0.25) is 18.6 Å². The molecule has 0 aliphatic carbocycles. The summed E-state index contributed by atoms with van der Waals surface area (Å²) < 4.78 is 48.5. The predicted molar refractivity (Wildman–Crippen MR) is 93.1 cm³/mol. The number of anilines is 2. The maximum absolute atomic E-state index is 12.7. The van der Waals surface area contributed by atoms with Crippen LogP contribution < -0.4 is 19.7 Å². The number of rotatable bonds is 3. The van der Waals surface area contributed by atoms with E-state index in [1.807, 2.05) is 0 Å². The summed E-state index contributed by atoms with van der Waals surface area (Å²) in [5, 5.41) is 2.73. The normalized spacial score (nSPS) is 18.5. The number of hydrogen-bond donors (Lipinski definition) is 1. The minimum atomic E-state index is -4.44. The van der Waals surface area contributed by atoms with Gasteiger partial charge in [0, 0.05) is 30.4 Å². The summed E-state index contributed by atoms with van der Waals surface area (Å²) in [6.07, 6.45) is -4.46. The summed E-state index contributed by atoms with van der Waals surface area (Å²) in [5.74, 6) is -0.165. The Balaban J connectivity index is 1.43. The van der Waals surface area contributed by atoms with Crippen LogP contribution in [0.15, 0.2) is 42.5 Å². The molecule has 2 aromatic rings. The van der Waals surface area contributed by atoms with E-state index in [0.29, 0.717) is 22.9 Å². The maximum atomic E-state index is 12.7. The summed E-state index contributed by atoms with van der Waals surface area (Å²) in [6.45, 7) is 0.215. The Morgan fingerprint density at radius 3 is 2.50 bits per heavy atom. The van der Waals surface area contributed by atoms with Crippen molar-refractivity contribution >= 4 is 23.2 Å². The van der Waals surface area contributed by atoms with E-state index < -0.39 is 17.7 Å². The van der Waals surface area contributed by atoms with Crippen molar-refractivity contribution in [1.82, 2.24) is 0 Å². The average molecular weight is 392 g/mol. The molecule has 2 aliphatic heterocycles. The van der Waals surface area contributed by atoms with Crippen LogP contribution in [-0.4, -0.2) is 25.2 Å². The maximum Gasteiger partial charge on any atom is 0.416 e. The first-order valence-corrected chi connectivity index (χ1v) is 8.49. The number of halogens is 3. The van der Waals surface area contributed by atoms with Crippen molar-refractivity contribution < 1.29 is 32.2 Å². The molecule has 2 aromatic carbocycles. The van der Waals surface area contributed by atoms with Gasteiger partial charge in [-0.1, -0.05) is 0 Å². The highest BCUT2D eigenvalue weighted by molar-refractivity contribution is 6.03. The Kier molecular flexibility index (Phi) is 4.37. The van der Waals surface area contributed by atoms with Gasteiger partial charge in [-0.05, 0) is 36.4 Å². The van der Waals surface area contributed by atoms with Crippen LogP contribution in [-0.2, 0) is 15.8 Å². The molecule has 2 amide bonds. The number of alkyl halides is 3. The number of nitrogens with one attached hydrogen (secondary N) is 1. The van der Waals surface area contributed by atoms with E-state index in [-0.39, 0.29) is 31.6 Å². The molecule has 1 unspecified atom stereocenters. The second kappa shape index (κ2) is 6.74. The van der Waals surface area contributed by atoms with Gasteiger partial charge in [0.25, 0.3) is 0 Å². The lowest BCUT2D eigenvalue weighted by molar-refractivity contribution is -0.137. The van der Waals surface area contributed by atoms with Gasteiger partial charge in [0.1, 0.15) is 0 Å². The fourth-order valence-electron chi connectivity index (χ4n) is 3.18. The van der Waals surface area contributed by atoms with Crippen LogP contribution in [0.2, 0.25) is 0 Å². The molecule has 4 rings (SSSR count). The number of benzene rings is 2. The molecule has 28 heavy (non-hydrogen) atoms. The molecule has 0 spiro atoms. The molecular weight excluding hydrogens is 377 g/mol. The highest BCUT2D eigenvalue weighted by Gasteiger charge is 2.36. The lowest BCUT2D eigenvalue weighted by Crippen LogP contribution is -2.28. The van der Waals surface area contributed by atoms with E-state index in [2.05, 4.69) is 5.32 Å². The highest BCUT2D eigenvalue weighted by Crippen LogP contribution is 2.35. The number of carbonyl (C=O) groups excluding carboxylic acids is 2. The number of hydrogen-bond acceptors (Lipinski definition) is 4. The average Bonchev–Trinajstić information content (AvgIpc) is 3.27. The van der Waals surface area contributed by atoms with E-state index in [0.717, 1.165) is 12.1 Å². The van der Waals surface area contributed by atoms with Crippen molar-refractivity contribution in [3.05, 3.63) is 48.0 Å². The third-order valence-electron chi connectivity index (χ3n) is 4.64. The van der Waals surface area contributed by atoms with E-state index >= 15 is 0 Å². The fourth-order valence-corrected chi connectivity index (χ4v) is 3.18. The smallest absolute Gasteiger partial charge is 0.416 e. The minimum Gasteiger partial charge on any atom is -0.454 e. The summed E-state index contributed by atoms with van der Waals surface area (Å²) in [4.78, 5) is 26.1. The monoisotopic (exact) mass is 392 g/mol. The van der Waals surface area contributed by atoms with Crippen LogP contribution in [0.3, 0.4) is 0 Å². The number of fused-ring (bicyclic) bond motifs is 1. The standard InChI is InChI=1S/C19H15F3N2O4/c20-19(21,22)12-1-4-14(5-2-12)24-9-11(7-17(24)25)18(26)23-13-3-6-15-16(8-13)28-10-27-15/h1-6,8,11H,7,9-10H2,(H,23,26). The first-order valence-electron chi connectivity index (χ1n) is 8.49. The van der Waals surface area contributed by atoms with E-state index in [4.69, 9.17) is 9.47 Å². The van der Waals surface area contributed by atoms with Crippen LogP contribution in [0, 0.1) is 5.92 Å². The van der Waals surface area contributed by atoms with Gasteiger partial charge >= 0.3 is 6.18 Å². The van der Waals surface area contributed by atoms with Gasteiger partial charge < -0.3 is 19.7 Å². The summed E-state index contributed by atoms with van der Waals surface area (Å²) >= 11 is 0. The van der Waals surface area contributed by atoms with Crippen molar-refractivity contribution in [3.63, 3.8) is 0 Å². The van der Waals surface area contributed by atoms with Crippen LogP contribution >= 0.6 is 0 Å². The van der Waals surface area contributed by atoms with Gasteiger partial charge in [-0.3, -0.25) is 9.59 Å². The Bertz CT molecular complexity index is 928.